The molecular weight excluding hydrogens is 568 g/mol. The van der Waals surface area contributed by atoms with Crippen molar-refractivity contribution in [2.75, 3.05) is 6.61 Å². The molecule has 3 aromatic carbocycles. The van der Waals surface area contributed by atoms with Gasteiger partial charge in [0.15, 0.2) is 4.80 Å². The molecule has 0 aliphatic carbocycles. The number of nitriles is 1. The summed E-state index contributed by atoms with van der Waals surface area (Å²) in [6.07, 6.45) is 3.93. The number of ether oxygens (including phenoxy) is 1. The van der Waals surface area contributed by atoms with Gasteiger partial charge in [0, 0.05) is 29.2 Å². The van der Waals surface area contributed by atoms with Gasteiger partial charge in [-0.15, -0.1) is 0 Å². The number of thiazole rings is 1. The van der Waals surface area contributed by atoms with Crippen molar-refractivity contribution in [1.29, 1.82) is 5.26 Å². The average Bonchev–Trinajstić information content (AvgIpc) is 3.52. The lowest BCUT2D eigenvalue weighted by molar-refractivity contribution is -0.139. The highest BCUT2D eigenvalue weighted by atomic mass is 32.1. The Morgan fingerprint density at radius 2 is 1.82 bits per heavy atom. The topological polar surface area (TPSA) is 89.4 Å². The van der Waals surface area contributed by atoms with Crippen LogP contribution in [-0.2, 0) is 16.1 Å². The van der Waals surface area contributed by atoms with E-state index in [0.717, 1.165) is 27.6 Å². The number of carbonyl (C=O) groups excluding carboxylic acids is 1. The fourth-order valence-corrected chi connectivity index (χ4v) is 6.82. The van der Waals surface area contributed by atoms with E-state index in [0.29, 0.717) is 38.6 Å². The highest BCUT2D eigenvalue weighted by molar-refractivity contribution is 7.07. The molecule has 0 saturated carbocycles. The minimum atomic E-state index is -0.655. The van der Waals surface area contributed by atoms with Gasteiger partial charge in [-0.2, -0.15) is 5.26 Å². The van der Waals surface area contributed by atoms with E-state index in [1.165, 1.54) is 16.9 Å². The van der Waals surface area contributed by atoms with Gasteiger partial charge >= 0.3 is 5.97 Å². The largest absolute Gasteiger partial charge is 0.463 e. The third-order valence-electron chi connectivity index (χ3n) is 8.02. The number of benzene rings is 3. The summed E-state index contributed by atoms with van der Waals surface area (Å²) in [4.78, 5) is 32.7. The number of para-hydroxylation sites is 1. The second kappa shape index (κ2) is 11.9. The maximum atomic E-state index is 14.2. The van der Waals surface area contributed by atoms with Crippen molar-refractivity contribution in [3.05, 3.63) is 138 Å². The van der Waals surface area contributed by atoms with E-state index in [1.807, 2.05) is 85.1 Å². The van der Waals surface area contributed by atoms with Crippen molar-refractivity contribution < 1.29 is 9.53 Å². The molecule has 0 saturated heterocycles. The molecule has 1 aliphatic rings. The minimum Gasteiger partial charge on any atom is -0.463 e. The molecule has 0 N–H and O–H groups in total. The first-order valence-electron chi connectivity index (χ1n) is 14.7. The van der Waals surface area contributed by atoms with Gasteiger partial charge in [0.2, 0.25) is 0 Å². The number of carbonyl (C=O) groups is 1. The van der Waals surface area contributed by atoms with Crippen molar-refractivity contribution in [1.82, 2.24) is 9.13 Å². The molecule has 44 heavy (non-hydrogen) atoms. The number of esters is 1. The maximum Gasteiger partial charge on any atom is 0.338 e. The summed E-state index contributed by atoms with van der Waals surface area (Å²) in [6, 6.07) is 25.3. The van der Waals surface area contributed by atoms with Crippen molar-refractivity contribution >= 4 is 34.3 Å². The molecule has 0 bridgehead atoms. The SMILES string of the molecule is CCOC(=O)C1=C(C)N=c2s/c(=C/c3cn(Cc4ccccc4C#N)c4ccccc34)c(=O)n2[C@H]1c1ccc(C(C)C)cc1. The van der Waals surface area contributed by atoms with E-state index in [1.54, 1.807) is 18.4 Å². The van der Waals surface area contributed by atoms with Crippen LogP contribution in [0.3, 0.4) is 0 Å². The normalized spacial score (nSPS) is 14.9. The molecular formula is C36H32N4O3S. The quantitative estimate of drug-likeness (QED) is 0.221. The van der Waals surface area contributed by atoms with Crippen molar-refractivity contribution in [3.63, 3.8) is 0 Å². The van der Waals surface area contributed by atoms with Crippen LogP contribution in [0.15, 0.2) is 100 Å². The summed E-state index contributed by atoms with van der Waals surface area (Å²) in [7, 11) is 0. The molecule has 0 fully saturated rings. The summed E-state index contributed by atoms with van der Waals surface area (Å²) in [5, 5.41) is 10.6. The zero-order valence-corrected chi connectivity index (χ0v) is 25.9. The summed E-state index contributed by atoms with van der Waals surface area (Å²) in [6.45, 7) is 8.57. The van der Waals surface area contributed by atoms with Gasteiger partial charge in [-0.3, -0.25) is 9.36 Å². The van der Waals surface area contributed by atoms with E-state index >= 15 is 0 Å². The summed E-state index contributed by atoms with van der Waals surface area (Å²) < 4.78 is 9.69. The second-order valence-electron chi connectivity index (χ2n) is 11.1. The number of rotatable bonds is 7. The molecule has 3 heterocycles. The maximum absolute atomic E-state index is 14.2. The Labute approximate surface area is 259 Å². The molecule has 220 valence electrons. The van der Waals surface area contributed by atoms with Crippen LogP contribution in [0.2, 0.25) is 0 Å². The van der Waals surface area contributed by atoms with Gasteiger partial charge < -0.3 is 9.30 Å². The Morgan fingerprint density at radius 3 is 2.55 bits per heavy atom. The van der Waals surface area contributed by atoms with Crippen molar-refractivity contribution in [2.24, 2.45) is 4.99 Å². The molecule has 8 heteroatoms. The van der Waals surface area contributed by atoms with Gasteiger partial charge in [-0.25, -0.2) is 9.79 Å². The van der Waals surface area contributed by atoms with Crippen LogP contribution in [0.25, 0.3) is 17.0 Å². The fraction of sp³-hybridized carbons (Fsp3) is 0.222. The zero-order valence-electron chi connectivity index (χ0n) is 25.1. The van der Waals surface area contributed by atoms with E-state index in [-0.39, 0.29) is 12.2 Å². The average molecular weight is 601 g/mol. The Bertz CT molecular complexity index is 2160. The van der Waals surface area contributed by atoms with E-state index < -0.39 is 12.0 Å². The van der Waals surface area contributed by atoms with Crippen LogP contribution in [0, 0.1) is 11.3 Å². The third-order valence-corrected chi connectivity index (χ3v) is 9.00. The van der Waals surface area contributed by atoms with Gasteiger partial charge in [-0.05, 0) is 54.7 Å². The van der Waals surface area contributed by atoms with E-state index in [2.05, 4.69) is 24.5 Å². The Balaban J connectivity index is 1.51. The fourth-order valence-electron chi connectivity index (χ4n) is 5.78. The van der Waals surface area contributed by atoms with E-state index in [4.69, 9.17) is 9.73 Å². The van der Waals surface area contributed by atoms with Crippen LogP contribution in [-0.4, -0.2) is 21.7 Å². The van der Waals surface area contributed by atoms with Gasteiger partial charge in [0.05, 0.1) is 40.1 Å². The lowest BCUT2D eigenvalue weighted by atomic mass is 9.93. The van der Waals surface area contributed by atoms with Crippen LogP contribution < -0.4 is 14.9 Å². The predicted molar refractivity (Wildman–Crippen MR) is 173 cm³/mol. The molecule has 6 rings (SSSR count). The van der Waals surface area contributed by atoms with E-state index in [9.17, 15) is 14.9 Å². The molecule has 0 amide bonds. The first-order chi connectivity index (χ1) is 21.3. The van der Waals surface area contributed by atoms with Crippen LogP contribution in [0.1, 0.15) is 67.5 Å². The number of nitrogens with zero attached hydrogens (tertiary/aromatic N) is 4. The number of hydrogen-bond acceptors (Lipinski definition) is 6. The van der Waals surface area contributed by atoms with Crippen LogP contribution >= 0.6 is 11.3 Å². The predicted octanol–water partition coefficient (Wildman–Crippen LogP) is 5.80. The number of allylic oxidation sites excluding steroid dienone is 1. The number of fused-ring (bicyclic) bond motifs is 2. The zero-order chi connectivity index (χ0) is 31.0. The lowest BCUT2D eigenvalue weighted by Crippen LogP contribution is -2.39. The molecule has 7 nitrogen and oxygen atoms in total. The first kappa shape index (κ1) is 29.1. The summed E-state index contributed by atoms with van der Waals surface area (Å²) in [5.74, 6) is -0.120. The van der Waals surface area contributed by atoms with Crippen molar-refractivity contribution in [3.8, 4) is 6.07 Å². The highest BCUT2D eigenvalue weighted by Crippen LogP contribution is 2.32. The molecule has 0 unspecified atom stereocenters. The summed E-state index contributed by atoms with van der Waals surface area (Å²) >= 11 is 1.31. The number of hydrogen-bond donors (Lipinski definition) is 0. The van der Waals surface area contributed by atoms with Crippen LogP contribution in [0.4, 0.5) is 0 Å². The van der Waals surface area contributed by atoms with Crippen LogP contribution in [0.5, 0.6) is 0 Å². The molecule has 1 aliphatic heterocycles. The molecule has 5 aromatic rings. The molecule has 1 atom stereocenters. The Kier molecular flexibility index (Phi) is 7.90. The minimum absolute atomic E-state index is 0.215. The number of aromatic nitrogens is 2. The Morgan fingerprint density at radius 1 is 1.09 bits per heavy atom. The van der Waals surface area contributed by atoms with Gasteiger partial charge in [0.1, 0.15) is 0 Å². The second-order valence-corrected chi connectivity index (χ2v) is 12.1. The molecule has 2 aromatic heterocycles. The molecule has 0 radical (unpaired) electrons. The Hall–Kier alpha value is -5.00. The van der Waals surface area contributed by atoms with Gasteiger partial charge in [-0.1, -0.05) is 85.8 Å². The first-order valence-corrected chi connectivity index (χ1v) is 15.5. The van der Waals surface area contributed by atoms with Gasteiger partial charge in [0.25, 0.3) is 5.56 Å². The highest BCUT2D eigenvalue weighted by Gasteiger charge is 2.33. The van der Waals surface area contributed by atoms with Crippen molar-refractivity contribution in [2.45, 2.75) is 46.2 Å². The standard InChI is InChI=1S/C36H32N4O3S/c1-5-43-35(42)32-23(4)38-36-40(33(32)25-16-14-24(15-17-25)22(2)3)34(41)31(44-36)18-28-21-39(30-13-9-8-12-29(28)30)20-27-11-7-6-10-26(27)19-37/h6-18,21-22,33H,5,20H2,1-4H3/b31-18+/t33-/m0/s1. The smallest absolute Gasteiger partial charge is 0.338 e. The third kappa shape index (κ3) is 5.20. The monoisotopic (exact) mass is 600 g/mol. The summed E-state index contributed by atoms with van der Waals surface area (Å²) in [5.41, 5.74) is 6.15. The molecule has 0 spiro atoms. The lowest BCUT2D eigenvalue weighted by Gasteiger charge is -2.25.